The summed E-state index contributed by atoms with van der Waals surface area (Å²) < 4.78 is 1.02. The first-order chi connectivity index (χ1) is 8.25. The maximum absolute atomic E-state index is 12.2. The average molecular weight is 291 g/mol. The Morgan fingerprint density at radius 3 is 2.47 bits per heavy atom. The van der Waals surface area contributed by atoms with E-state index in [1.54, 1.807) is 5.01 Å². The fourth-order valence-electron chi connectivity index (χ4n) is 2.08. The number of anilines is 1. The molecule has 1 N–H and O–H groups in total. The highest BCUT2D eigenvalue weighted by Crippen LogP contribution is 2.24. The lowest BCUT2D eigenvalue weighted by molar-refractivity contribution is -0.781. The Hall–Kier alpha value is -1.36. The maximum atomic E-state index is 12.2. The minimum absolute atomic E-state index is 0.0860. The van der Waals surface area contributed by atoms with E-state index in [1.165, 1.54) is 0 Å². The third-order valence-electron chi connectivity index (χ3n) is 2.96. The van der Waals surface area contributed by atoms with Crippen LogP contribution in [0.5, 0.6) is 0 Å². The fraction of sp³-hybridized carbons (Fsp3) is 0.0769. The first-order valence-corrected chi connectivity index (χ1v) is 6.20. The van der Waals surface area contributed by atoms with Crippen LogP contribution in [0.15, 0.2) is 53.0 Å². The molecular weight excluding hydrogens is 280 g/mol. The zero-order chi connectivity index (χ0) is 11.8. The number of rotatable bonds is 1. The molecule has 1 heterocycles. The summed E-state index contributed by atoms with van der Waals surface area (Å²) in [6.07, 6.45) is 0. The number of nitrogens with one attached hydrogen (secondary N) is 1. The monoisotopic (exact) mass is 290 g/mol. The van der Waals surface area contributed by atoms with E-state index in [4.69, 9.17) is 0 Å². The summed E-state index contributed by atoms with van der Waals surface area (Å²) in [5, 5.41) is 14.1. The molecule has 1 aliphatic heterocycles. The van der Waals surface area contributed by atoms with Gasteiger partial charge in [-0.05, 0) is 24.3 Å². The number of hydrogen-bond donors (Lipinski definition) is 1. The van der Waals surface area contributed by atoms with Gasteiger partial charge in [-0.15, -0.1) is 0 Å². The van der Waals surface area contributed by atoms with E-state index in [9.17, 15) is 5.21 Å². The first-order valence-electron chi connectivity index (χ1n) is 5.41. The van der Waals surface area contributed by atoms with Crippen molar-refractivity contribution in [3.05, 3.63) is 63.8 Å². The Bertz CT molecular complexity index is 541. The number of hydrogen-bond acceptors (Lipinski definition) is 2. The summed E-state index contributed by atoms with van der Waals surface area (Å²) >= 11 is 3.39. The minimum Gasteiger partial charge on any atom is -0.603 e. The predicted molar refractivity (Wildman–Crippen MR) is 70.8 cm³/mol. The molecule has 0 spiro atoms. The zero-order valence-corrected chi connectivity index (χ0v) is 10.6. The van der Waals surface area contributed by atoms with Crippen molar-refractivity contribution in [2.75, 3.05) is 5.01 Å². The Balaban J connectivity index is 1.96. The molecule has 2 aromatic rings. The summed E-state index contributed by atoms with van der Waals surface area (Å²) in [5.41, 5.74) is 2.85. The van der Waals surface area contributed by atoms with Gasteiger partial charge in [-0.25, -0.2) is 10.2 Å². The van der Waals surface area contributed by atoms with Gasteiger partial charge in [0.15, 0.2) is 5.69 Å². The fourth-order valence-corrected chi connectivity index (χ4v) is 2.35. The Morgan fingerprint density at radius 2 is 1.76 bits per heavy atom. The molecule has 1 aliphatic rings. The summed E-state index contributed by atoms with van der Waals surface area (Å²) in [4.78, 5) is 0. The van der Waals surface area contributed by atoms with Gasteiger partial charge in [0.05, 0.1) is 12.2 Å². The van der Waals surface area contributed by atoms with Crippen molar-refractivity contribution in [1.82, 2.24) is 0 Å². The Morgan fingerprint density at radius 1 is 1.06 bits per heavy atom. The van der Waals surface area contributed by atoms with Crippen LogP contribution in [-0.2, 0) is 6.54 Å². The quantitative estimate of drug-likeness (QED) is 0.818. The van der Waals surface area contributed by atoms with Crippen LogP contribution in [0.25, 0.3) is 0 Å². The second kappa shape index (κ2) is 4.14. The molecule has 1 atom stereocenters. The molecule has 0 fully saturated rings. The van der Waals surface area contributed by atoms with E-state index in [1.807, 2.05) is 48.5 Å². The molecular formula is C13H11BrN2O. The SMILES string of the molecule is [O-][NH+]1c2ccccc2CN1c1ccc(Br)cc1. The largest absolute Gasteiger partial charge is 0.603 e. The summed E-state index contributed by atoms with van der Waals surface area (Å²) in [6, 6.07) is 15.6. The van der Waals surface area contributed by atoms with E-state index in [0.717, 1.165) is 21.4 Å². The molecule has 3 rings (SSSR count). The number of halogens is 1. The van der Waals surface area contributed by atoms with Crippen LogP contribution in [0.3, 0.4) is 0 Å². The second-order valence-electron chi connectivity index (χ2n) is 4.02. The van der Waals surface area contributed by atoms with Crippen LogP contribution in [0.1, 0.15) is 5.56 Å². The molecule has 0 saturated carbocycles. The zero-order valence-electron chi connectivity index (χ0n) is 9.06. The molecule has 0 aromatic heterocycles. The molecule has 0 bridgehead atoms. The highest BCUT2D eigenvalue weighted by Gasteiger charge is 2.26. The van der Waals surface area contributed by atoms with Gasteiger partial charge in [0.1, 0.15) is 0 Å². The summed E-state index contributed by atoms with van der Waals surface area (Å²) in [7, 11) is 0. The molecule has 2 aromatic carbocycles. The average Bonchev–Trinajstić information content (AvgIpc) is 2.69. The topological polar surface area (TPSA) is 30.7 Å². The Labute approximate surface area is 108 Å². The van der Waals surface area contributed by atoms with E-state index >= 15 is 0 Å². The predicted octanol–water partition coefficient (Wildman–Crippen LogP) is 2.40. The molecule has 17 heavy (non-hydrogen) atoms. The first kappa shape index (κ1) is 10.8. The van der Waals surface area contributed by atoms with Gasteiger partial charge in [-0.2, -0.15) is 0 Å². The summed E-state index contributed by atoms with van der Waals surface area (Å²) in [6.45, 7) is 0.663. The van der Waals surface area contributed by atoms with Gasteiger partial charge in [-0.3, -0.25) is 0 Å². The van der Waals surface area contributed by atoms with Crippen LogP contribution in [-0.4, -0.2) is 0 Å². The molecule has 0 radical (unpaired) electrons. The van der Waals surface area contributed by atoms with Crippen molar-refractivity contribution in [3.8, 4) is 0 Å². The van der Waals surface area contributed by atoms with Crippen molar-refractivity contribution in [2.24, 2.45) is 0 Å². The highest BCUT2D eigenvalue weighted by molar-refractivity contribution is 9.10. The lowest BCUT2D eigenvalue weighted by Crippen LogP contribution is -3.08. The van der Waals surface area contributed by atoms with E-state index in [2.05, 4.69) is 15.9 Å². The van der Waals surface area contributed by atoms with Gasteiger partial charge >= 0.3 is 0 Å². The molecule has 1 unspecified atom stereocenters. The second-order valence-corrected chi connectivity index (χ2v) is 4.94. The van der Waals surface area contributed by atoms with Gasteiger partial charge in [0.25, 0.3) is 0 Å². The van der Waals surface area contributed by atoms with Crippen LogP contribution >= 0.6 is 15.9 Å². The molecule has 0 aliphatic carbocycles. The number of fused-ring (bicyclic) bond motifs is 1. The van der Waals surface area contributed by atoms with Crippen molar-refractivity contribution in [2.45, 2.75) is 6.54 Å². The standard InChI is InChI=1S/C13H11BrN2O/c14-11-5-7-12(8-6-11)15-9-10-3-1-2-4-13(10)16(15)17/h1-8,16H,9H2. The minimum atomic E-state index is 0.0860. The Kier molecular flexibility index (Phi) is 2.63. The smallest absolute Gasteiger partial charge is 0.161 e. The molecule has 0 amide bonds. The lowest BCUT2D eigenvalue weighted by Gasteiger charge is -2.28. The van der Waals surface area contributed by atoms with Crippen LogP contribution < -0.4 is 10.2 Å². The third-order valence-corrected chi connectivity index (χ3v) is 3.49. The van der Waals surface area contributed by atoms with Crippen molar-refractivity contribution < 1.29 is 5.17 Å². The van der Waals surface area contributed by atoms with E-state index < -0.39 is 0 Å². The van der Waals surface area contributed by atoms with Crippen molar-refractivity contribution >= 4 is 27.3 Å². The molecule has 3 nitrogen and oxygen atoms in total. The van der Waals surface area contributed by atoms with Gasteiger partial charge in [0.2, 0.25) is 0 Å². The molecule has 0 saturated heterocycles. The van der Waals surface area contributed by atoms with Gasteiger partial charge in [0, 0.05) is 16.1 Å². The number of benzene rings is 2. The van der Waals surface area contributed by atoms with Crippen LogP contribution in [0.4, 0.5) is 11.4 Å². The van der Waals surface area contributed by atoms with E-state index in [0.29, 0.717) is 6.54 Å². The third kappa shape index (κ3) is 1.84. The summed E-state index contributed by atoms with van der Waals surface area (Å²) in [5.74, 6) is 0. The number of quaternary nitrogens is 1. The lowest BCUT2D eigenvalue weighted by atomic mass is 10.2. The maximum Gasteiger partial charge on any atom is 0.161 e. The molecule has 4 heteroatoms. The number of nitrogens with zero attached hydrogens (tertiary/aromatic N) is 1. The van der Waals surface area contributed by atoms with Crippen LogP contribution in [0.2, 0.25) is 0 Å². The van der Waals surface area contributed by atoms with Gasteiger partial charge in [-0.1, -0.05) is 34.1 Å². The van der Waals surface area contributed by atoms with Crippen LogP contribution in [0, 0.1) is 5.21 Å². The normalized spacial score (nSPS) is 18.2. The van der Waals surface area contributed by atoms with Crippen molar-refractivity contribution in [3.63, 3.8) is 0 Å². The molecule has 86 valence electrons. The van der Waals surface area contributed by atoms with Crippen molar-refractivity contribution in [1.29, 1.82) is 0 Å². The van der Waals surface area contributed by atoms with Gasteiger partial charge < -0.3 is 5.21 Å². The highest BCUT2D eigenvalue weighted by atomic mass is 79.9. The van der Waals surface area contributed by atoms with E-state index in [-0.39, 0.29) is 5.17 Å².